The monoisotopic (exact) mass is 380 g/mol. The number of urea groups is 1. The number of carbonyl (C=O) groups is 2. The quantitative estimate of drug-likeness (QED) is 0.636. The van der Waals surface area contributed by atoms with Gasteiger partial charge in [-0.1, -0.05) is 54.9 Å². The molecule has 0 aliphatic rings. The van der Waals surface area contributed by atoms with E-state index in [1.54, 1.807) is 13.0 Å². The van der Waals surface area contributed by atoms with E-state index >= 15 is 0 Å². The summed E-state index contributed by atoms with van der Waals surface area (Å²) < 4.78 is 4.94. The minimum atomic E-state index is -0.322. The third-order valence-electron chi connectivity index (χ3n) is 4.33. The molecule has 3 amide bonds. The van der Waals surface area contributed by atoms with Crippen molar-refractivity contribution in [2.24, 2.45) is 0 Å². The maximum absolute atomic E-state index is 12.9. The van der Waals surface area contributed by atoms with Crippen molar-refractivity contribution in [3.05, 3.63) is 54.3 Å². The first-order valence-electron chi connectivity index (χ1n) is 9.33. The van der Waals surface area contributed by atoms with Crippen molar-refractivity contribution in [3.63, 3.8) is 0 Å². The van der Waals surface area contributed by atoms with Crippen molar-refractivity contribution in [2.75, 3.05) is 23.7 Å². The molecule has 0 fully saturated rings. The average Bonchev–Trinajstić information content (AvgIpc) is 3.09. The molecule has 146 valence electrons. The third kappa shape index (κ3) is 4.88. The molecule has 7 nitrogen and oxygen atoms in total. The van der Waals surface area contributed by atoms with Crippen LogP contribution in [0.25, 0.3) is 10.8 Å². The standard InChI is InChI=1S/C21H24N4O3/c1-3-4-12-25(14-20(26)23-19-13-15(2)28-24-19)21(27)22-18-11-7-9-16-8-5-6-10-17(16)18/h5-11,13H,3-4,12,14H2,1-2H3,(H,22,27)(H,23,24,26). The van der Waals surface area contributed by atoms with E-state index < -0.39 is 0 Å². The lowest BCUT2D eigenvalue weighted by Crippen LogP contribution is -2.41. The van der Waals surface area contributed by atoms with Crippen molar-refractivity contribution in [1.29, 1.82) is 0 Å². The van der Waals surface area contributed by atoms with Gasteiger partial charge in [0.05, 0.1) is 5.69 Å². The van der Waals surface area contributed by atoms with Crippen molar-refractivity contribution < 1.29 is 14.1 Å². The number of nitrogens with one attached hydrogen (secondary N) is 2. The van der Waals surface area contributed by atoms with Gasteiger partial charge in [0, 0.05) is 18.0 Å². The lowest BCUT2D eigenvalue weighted by Gasteiger charge is -2.22. The Morgan fingerprint density at radius 2 is 1.89 bits per heavy atom. The molecule has 3 aromatic rings. The van der Waals surface area contributed by atoms with Gasteiger partial charge in [-0.15, -0.1) is 0 Å². The molecule has 0 aliphatic heterocycles. The van der Waals surface area contributed by atoms with Crippen LogP contribution in [0.4, 0.5) is 16.3 Å². The van der Waals surface area contributed by atoms with Crippen LogP contribution >= 0.6 is 0 Å². The lowest BCUT2D eigenvalue weighted by molar-refractivity contribution is -0.116. The summed E-state index contributed by atoms with van der Waals surface area (Å²) in [5.74, 6) is 0.622. The number of benzene rings is 2. The van der Waals surface area contributed by atoms with Crippen LogP contribution in [0, 0.1) is 6.92 Å². The number of hydrogen-bond acceptors (Lipinski definition) is 4. The third-order valence-corrected chi connectivity index (χ3v) is 4.33. The Morgan fingerprint density at radius 1 is 1.11 bits per heavy atom. The normalized spacial score (nSPS) is 10.6. The summed E-state index contributed by atoms with van der Waals surface area (Å²) in [6.07, 6.45) is 1.72. The van der Waals surface area contributed by atoms with Gasteiger partial charge in [-0.2, -0.15) is 0 Å². The molecule has 0 spiro atoms. The Morgan fingerprint density at radius 3 is 2.64 bits per heavy atom. The zero-order chi connectivity index (χ0) is 19.9. The molecule has 0 atom stereocenters. The van der Waals surface area contributed by atoms with Gasteiger partial charge in [-0.25, -0.2) is 4.79 Å². The summed E-state index contributed by atoms with van der Waals surface area (Å²) in [5.41, 5.74) is 0.720. The Labute approximate surface area is 163 Å². The molecule has 7 heteroatoms. The average molecular weight is 380 g/mol. The van der Waals surface area contributed by atoms with E-state index in [1.807, 2.05) is 49.4 Å². The summed E-state index contributed by atoms with van der Waals surface area (Å²) in [4.78, 5) is 26.7. The first-order valence-corrected chi connectivity index (χ1v) is 9.33. The second-order valence-corrected chi connectivity index (χ2v) is 6.60. The Balaban J connectivity index is 1.71. The van der Waals surface area contributed by atoms with Crippen LogP contribution in [0.5, 0.6) is 0 Å². The van der Waals surface area contributed by atoms with Crippen LogP contribution in [0.2, 0.25) is 0 Å². The van der Waals surface area contributed by atoms with Crippen molar-refractivity contribution >= 4 is 34.2 Å². The van der Waals surface area contributed by atoms with Gasteiger partial charge in [-0.05, 0) is 24.8 Å². The molecule has 2 N–H and O–H groups in total. The number of anilines is 2. The molecule has 1 heterocycles. The minimum absolute atomic E-state index is 0.0670. The summed E-state index contributed by atoms with van der Waals surface area (Å²) in [6.45, 7) is 4.20. The number of aromatic nitrogens is 1. The Hall–Kier alpha value is -3.35. The molecule has 0 saturated carbocycles. The topological polar surface area (TPSA) is 87.5 Å². The Kier molecular flexibility index (Phi) is 6.26. The van der Waals surface area contributed by atoms with Crippen LogP contribution in [-0.2, 0) is 4.79 Å². The zero-order valence-corrected chi connectivity index (χ0v) is 16.1. The zero-order valence-electron chi connectivity index (χ0n) is 16.1. The molecule has 0 aliphatic carbocycles. The molecule has 2 aromatic carbocycles. The van der Waals surface area contributed by atoms with E-state index in [0.29, 0.717) is 18.1 Å². The van der Waals surface area contributed by atoms with Crippen LogP contribution in [0.1, 0.15) is 25.5 Å². The fourth-order valence-electron chi connectivity index (χ4n) is 2.91. The van der Waals surface area contributed by atoms with Gasteiger partial charge in [0.2, 0.25) is 5.91 Å². The fraction of sp³-hybridized carbons (Fsp3) is 0.286. The lowest BCUT2D eigenvalue weighted by atomic mass is 10.1. The van der Waals surface area contributed by atoms with Crippen LogP contribution in [-0.4, -0.2) is 35.1 Å². The number of fused-ring (bicyclic) bond motifs is 1. The van der Waals surface area contributed by atoms with Gasteiger partial charge >= 0.3 is 6.03 Å². The number of nitrogens with zero attached hydrogens (tertiary/aromatic N) is 2. The molecule has 0 saturated heterocycles. The maximum atomic E-state index is 12.9. The van der Waals surface area contributed by atoms with E-state index in [4.69, 9.17) is 4.52 Å². The smallest absolute Gasteiger partial charge is 0.322 e. The molecule has 1 aromatic heterocycles. The molecule has 28 heavy (non-hydrogen) atoms. The predicted molar refractivity (Wildman–Crippen MR) is 109 cm³/mol. The summed E-state index contributed by atoms with van der Waals surface area (Å²) in [7, 11) is 0. The van der Waals surface area contributed by atoms with E-state index in [2.05, 4.69) is 15.8 Å². The maximum Gasteiger partial charge on any atom is 0.322 e. The van der Waals surface area contributed by atoms with E-state index in [-0.39, 0.29) is 18.5 Å². The van der Waals surface area contributed by atoms with Crippen molar-refractivity contribution in [2.45, 2.75) is 26.7 Å². The van der Waals surface area contributed by atoms with Gasteiger partial charge in [0.1, 0.15) is 12.3 Å². The molecular formula is C21H24N4O3. The molecular weight excluding hydrogens is 356 g/mol. The summed E-state index contributed by atoms with van der Waals surface area (Å²) >= 11 is 0. The van der Waals surface area contributed by atoms with E-state index in [1.165, 1.54) is 4.90 Å². The Bertz CT molecular complexity index is 962. The van der Waals surface area contributed by atoms with Crippen molar-refractivity contribution in [3.8, 4) is 0 Å². The highest BCUT2D eigenvalue weighted by molar-refractivity contribution is 6.02. The van der Waals surface area contributed by atoms with Gasteiger partial charge in [0.15, 0.2) is 5.82 Å². The highest BCUT2D eigenvalue weighted by atomic mass is 16.5. The van der Waals surface area contributed by atoms with Gasteiger partial charge in [-0.3, -0.25) is 4.79 Å². The van der Waals surface area contributed by atoms with Gasteiger partial charge in [0.25, 0.3) is 0 Å². The number of carbonyl (C=O) groups excluding carboxylic acids is 2. The highest BCUT2D eigenvalue weighted by Gasteiger charge is 2.18. The second kappa shape index (κ2) is 9.03. The second-order valence-electron chi connectivity index (χ2n) is 6.60. The molecule has 0 bridgehead atoms. The fourth-order valence-corrected chi connectivity index (χ4v) is 2.91. The summed E-state index contributed by atoms with van der Waals surface area (Å²) in [6, 6.07) is 14.9. The highest BCUT2D eigenvalue weighted by Crippen LogP contribution is 2.23. The first-order chi connectivity index (χ1) is 13.6. The predicted octanol–water partition coefficient (Wildman–Crippen LogP) is 4.41. The molecule has 0 radical (unpaired) electrons. The number of amides is 3. The summed E-state index contributed by atoms with van der Waals surface area (Å²) in [5, 5.41) is 11.3. The van der Waals surface area contributed by atoms with E-state index in [0.717, 1.165) is 29.3 Å². The largest absolute Gasteiger partial charge is 0.360 e. The number of aryl methyl sites for hydroxylation is 1. The van der Waals surface area contributed by atoms with Crippen LogP contribution in [0.15, 0.2) is 53.1 Å². The SMILES string of the molecule is CCCCN(CC(=O)Nc1cc(C)on1)C(=O)Nc1cccc2ccccc12. The van der Waals surface area contributed by atoms with E-state index in [9.17, 15) is 9.59 Å². The van der Waals surface area contributed by atoms with Gasteiger partial charge < -0.3 is 20.1 Å². The molecule has 0 unspecified atom stereocenters. The number of unbranched alkanes of at least 4 members (excludes halogenated alkanes) is 1. The van der Waals surface area contributed by atoms with Crippen LogP contribution in [0.3, 0.4) is 0 Å². The van der Waals surface area contributed by atoms with Crippen molar-refractivity contribution in [1.82, 2.24) is 10.1 Å². The number of rotatable bonds is 7. The van der Waals surface area contributed by atoms with Crippen LogP contribution < -0.4 is 10.6 Å². The molecule has 3 rings (SSSR count). The first kappa shape index (κ1) is 19.4. The number of hydrogen-bond donors (Lipinski definition) is 2. The minimum Gasteiger partial charge on any atom is -0.360 e.